The van der Waals surface area contributed by atoms with Gasteiger partial charge in [0, 0.05) is 13.2 Å². The van der Waals surface area contributed by atoms with E-state index in [9.17, 15) is 0 Å². The van der Waals surface area contributed by atoms with Gasteiger partial charge >= 0.3 is 0 Å². The standard InChI is InChI=1S/C17H29NO2/c1-6-18-16(17(20-5)13(2)3)12-9-14-7-10-15(19-4)11-8-14/h7-8,10-11,13,16-18H,6,9,12H2,1-5H3. The van der Waals surface area contributed by atoms with Crippen molar-refractivity contribution < 1.29 is 9.47 Å². The first-order valence-electron chi connectivity index (χ1n) is 7.51. The third-order valence-corrected chi connectivity index (χ3v) is 3.70. The Morgan fingerprint density at radius 1 is 1.10 bits per heavy atom. The van der Waals surface area contributed by atoms with Crippen LogP contribution in [-0.4, -0.2) is 32.9 Å². The molecule has 1 aromatic rings. The normalized spacial score (nSPS) is 14.3. The molecule has 0 heterocycles. The number of hydrogen-bond acceptors (Lipinski definition) is 3. The molecule has 0 amide bonds. The summed E-state index contributed by atoms with van der Waals surface area (Å²) >= 11 is 0. The van der Waals surface area contributed by atoms with E-state index >= 15 is 0 Å². The maximum atomic E-state index is 5.67. The summed E-state index contributed by atoms with van der Waals surface area (Å²) in [6, 6.07) is 8.71. The van der Waals surface area contributed by atoms with E-state index in [-0.39, 0.29) is 6.10 Å². The molecule has 20 heavy (non-hydrogen) atoms. The Kier molecular flexibility index (Phi) is 7.63. The fraction of sp³-hybridized carbons (Fsp3) is 0.647. The van der Waals surface area contributed by atoms with E-state index in [0.717, 1.165) is 25.1 Å². The minimum Gasteiger partial charge on any atom is -0.497 e. The molecule has 0 saturated heterocycles. The van der Waals surface area contributed by atoms with Gasteiger partial charge in [-0.2, -0.15) is 0 Å². The maximum absolute atomic E-state index is 5.67. The Bertz CT molecular complexity index is 362. The molecule has 0 spiro atoms. The molecule has 0 aliphatic carbocycles. The molecule has 0 aliphatic rings. The lowest BCUT2D eigenvalue weighted by Gasteiger charge is -2.29. The lowest BCUT2D eigenvalue weighted by molar-refractivity contribution is 0.0312. The fourth-order valence-corrected chi connectivity index (χ4v) is 2.66. The van der Waals surface area contributed by atoms with E-state index in [1.807, 2.05) is 19.2 Å². The van der Waals surface area contributed by atoms with Gasteiger partial charge in [0.15, 0.2) is 0 Å². The van der Waals surface area contributed by atoms with Crippen molar-refractivity contribution >= 4 is 0 Å². The Hall–Kier alpha value is -1.06. The zero-order valence-corrected chi connectivity index (χ0v) is 13.5. The molecule has 0 bridgehead atoms. The molecule has 3 heteroatoms. The van der Waals surface area contributed by atoms with Gasteiger partial charge in [-0.3, -0.25) is 0 Å². The Morgan fingerprint density at radius 3 is 2.20 bits per heavy atom. The number of nitrogens with one attached hydrogen (secondary N) is 1. The molecule has 0 fully saturated rings. The minimum absolute atomic E-state index is 0.258. The van der Waals surface area contributed by atoms with Crippen molar-refractivity contribution in [3.63, 3.8) is 0 Å². The van der Waals surface area contributed by atoms with Crippen molar-refractivity contribution in [2.24, 2.45) is 5.92 Å². The lowest BCUT2D eigenvalue weighted by atomic mass is 9.94. The van der Waals surface area contributed by atoms with Crippen LogP contribution in [0.3, 0.4) is 0 Å². The van der Waals surface area contributed by atoms with E-state index in [1.165, 1.54) is 5.56 Å². The van der Waals surface area contributed by atoms with Gasteiger partial charge in [0.25, 0.3) is 0 Å². The van der Waals surface area contributed by atoms with E-state index in [4.69, 9.17) is 9.47 Å². The number of rotatable bonds is 9. The van der Waals surface area contributed by atoms with Gasteiger partial charge < -0.3 is 14.8 Å². The summed E-state index contributed by atoms with van der Waals surface area (Å²) in [5, 5.41) is 3.56. The van der Waals surface area contributed by atoms with Crippen molar-refractivity contribution in [3.05, 3.63) is 29.8 Å². The van der Waals surface area contributed by atoms with E-state index in [1.54, 1.807) is 7.11 Å². The lowest BCUT2D eigenvalue weighted by Crippen LogP contribution is -2.44. The van der Waals surface area contributed by atoms with Crippen molar-refractivity contribution in [3.8, 4) is 5.75 Å². The van der Waals surface area contributed by atoms with Gasteiger partial charge in [0.2, 0.25) is 0 Å². The van der Waals surface area contributed by atoms with Crippen LogP contribution in [0.1, 0.15) is 32.8 Å². The molecule has 0 saturated carbocycles. The van der Waals surface area contributed by atoms with Crippen LogP contribution in [0.4, 0.5) is 0 Å². The van der Waals surface area contributed by atoms with Gasteiger partial charge in [-0.25, -0.2) is 0 Å². The molecule has 114 valence electrons. The van der Waals surface area contributed by atoms with Crippen LogP contribution in [0.25, 0.3) is 0 Å². The molecule has 0 aliphatic heterocycles. The quantitative estimate of drug-likeness (QED) is 0.752. The predicted octanol–water partition coefficient (Wildman–Crippen LogP) is 3.28. The summed E-state index contributed by atoms with van der Waals surface area (Å²) in [6.45, 7) is 7.55. The van der Waals surface area contributed by atoms with Crippen molar-refractivity contribution in [2.45, 2.75) is 45.8 Å². The zero-order valence-electron chi connectivity index (χ0n) is 13.5. The third-order valence-electron chi connectivity index (χ3n) is 3.70. The second-order valence-corrected chi connectivity index (χ2v) is 5.50. The minimum atomic E-state index is 0.258. The molecule has 3 nitrogen and oxygen atoms in total. The van der Waals surface area contributed by atoms with Gasteiger partial charge in [-0.05, 0) is 43.0 Å². The fourth-order valence-electron chi connectivity index (χ4n) is 2.66. The van der Waals surface area contributed by atoms with E-state index in [2.05, 4.69) is 38.2 Å². The SMILES string of the molecule is CCNC(CCc1ccc(OC)cc1)C(OC)C(C)C. The number of likely N-dealkylation sites (N-methyl/N-ethyl adjacent to an activating group) is 1. The molecule has 1 N–H and O–H groups in total. The monoisotopic (exact) mass is 279 g/mol. The Morgan fingerprint density at radius 2 is 1.75 bits per heavy atom. The highest BCUT2D eigenvalue weighted by Crippen LogP contribution is 2.17. The molecular weight excluding hydrogens is 250 g/mol. The van der Waals surface area contributed by atoms with E-state index in [0.29, 0.717) is 12.0 Å². The average Bonchev–Trinajstić information content (AvgIpc) is 2.45. The topological polar surface area (TPSA) is 30.5 Å². The van der Waals surface area contributed by atoms with Crippen LogP contribution in [0, 0.1) is 5.92 Å². The molecule has 1 aromatic carbocycles. The highest BCUT2D eigenvalue weighted by molar-refractivity contribution is 5.27. The molecule has 2 unspecified atom stereocenters. The summed E-state index contributed by atoms with van der Waals surface area (Å²) in [5.74, 6) is 1.42. The second-order valence-electron chi connectivity index (χ2n) is 5.50. The van der Waals surface area contributed by atoms with Crippen LogP contribution in [0.2, 0.25) is 0 Å². The van der Waals surface area contributed by atoms with Gasteiger partial charge in [-0.15, -0.1) is 0 Å². The van der Waals surface area contributed by atoms with Crippen molar-refractivity contribution in [1.29, 1.82) is 0 Å². The molecule has 1 rings (SSSR count). The number of benzene rings is 1. The number of hydrogen-bond donors (Lipinski definition) is 1. The zero-order chi connectivity index (χ0) is 15.0. The summed E-state index contributed by atoms with van der Waals surface area (Å²) in [5.41, 5.74) is 1.34. The maximum Gasteiger partial charge on any atom is 0.118 e. The third kappa shape index (κ3) is 5.14. The summed E-state index contributed by atoms with van der Waals surface area (Å²) < 4.78 is 10.9. The molecule has 0 radical (unpaired) electrons. The second kappa shape index (κ2) is 8.98. The van der Waals surface area contributed by atoms with Crippen LogP contribution in [-0.2, 0) is 11.2 Å². The first kappa shape index (κ1) is 17.0. The van der Waals surface area contributed by atoms with Crippen molar-refractivity contribution in [2.75, 3.05) is 20.8 Å². The molecular formula is C17H29NO2. The summed E-state index contributed by atoms with van der Waals surface area (Å²) in [7, 11) is 3.50. The smallest absolute Gasteiger partial charge is 0.118 e. The van der Waals surface area contributed by atoms with Gasteiger partial charge in [0.05, 0.1) is 13.2 Å². The van der Waals surface area contributed by atoms with Crippen LogP contribution >= 0.6 is 0 Å². The molecule has 2 atom stereocenters. The Labute approximate surface area is 123 Å². The van der Waals surface area contributed by atoms with Crippen LogP contribution < -0.4 is 10.1 Å². The predicted molar refractivity (Wildman–Crippen MR) is 84.4 cm³/mol. The van der Waals surface area contributed by atoms with E-state index < -0.39 is 0 Å². The van der Waals surface area contributed by atoms with Crippen LogP contribution in [0.5, 0.6) is 5.75 Å². The highest BCUT2D eigenvalue weighted by Gasteiger charge is 2.23. The highest BCUT2D eigenvalue weighted by atomic mass is 16.5. The molecule has 0 aromatic heterocycles. The van der Waals surface area contributed by atoms with Crippen molar-refractivity contribution in [1.82, 2.24) is 5.32 Å². The van der Waals surface area contributed by atoms with Gasteiger partial charge in [0.1, 0.15) is 5.75 Å². The largest absolute Gasteiger partial charge is 0.497 e. The first-order chi connectivity index (χ1) is 9.62. The first-order valence-corrected chi connectivity index (χ1v) is 7.51. The average molecular weight is 279 g/mol. The number of aryl methyl sites for hydroxylation is 1. The summed E-state index contributed by atoms with van der Waals surface area (Å²) in [4.78, 5) is 0. The van der Waals surface area contributed by atoms with Crippen LogP contribution in [0.15, 0.2) is 24.3 Å². The Balaban J connectivity index is 2.60. The van der Waals surface area contributed by atoms with Gasteiger partial charge in [-0.1, -0.05) is 32.9 Å². The number of methoxy groups -OCH3 is 2. The summed E-state index contributed by atoms with van der Waals surface area (Å²) in [6.07, 6.45) is 2.39. The number of ether oxygens (including phenoxy) is 2.